The zero-order valence-electron chi connectivity index (χ0n) is 22.7. The summed E-state index contributed by atoms with van der Waals surface area (Å²) in [5, 5.41) is 0. The maximum atomic E-state index is 12.9. The summed E-state index contributed by atoms with van der Waals surface area (Å²) < 4.78 is 50.2. The summed E-state index contributed by atoms with van der Waals surface area (Å²) in [4.78, 5) is 14.4. The molecule has 3 aromatic carbocycles. The number of hydrogen-bond donors (Lipinski definition) is 1. The third-order valence-electron chi connectivity index (χ3n) is 6.14. The molecule has 10 heteroatoms. The SMILES string of the molecule is COc1cc(CN(C)C(=O)COc2ccc(S(=O)(=O)Nc3ccc(C)c(C)c3)cc2C)cc(OC)c1OC. The summed E-state index contributed by atoms with van der Waals surface area (Å²) in [6, 6.07) is 13.5. The number of likely N-dealkylation sites (N-methyl/N-ethyl adjacent to an activating group) is 1. The van der Waals surface area contributed by atoms with Crippen LogP contribution in [0, 0.1) is 20.8 Å². The van der Waals surface area contributed by atoms with E-state index in [4.69, 9.17) is 18.9 Å². The molecule has 0 heterocycles. The molecule has 38 heavy (non-hydrogen) atoms. The lowest BCUT2D eigenvalue weighted by Crippen LogP contribution is -2.31. The maximum absolute atomic E-state index is 12.9. The first-order valence-corrected chi connectivity index (χ1v) is 13.3. The van der Waals surface area contributed by atoms with Crippen LogP contribution < -0.4 is 23.7 Å². The van der Waals surface area contributed by atoms with Gasteiger partial charge in [-0.2, -0.15) is 0 Å². The molecule has 0 saturated heterocycles. The highest BCUT2D eigenvalue weighted by Crippen LogP contribution is 2.38. The molecule has 1 amide bonds. The Morgan fingerprint density at radius 3 is 2.03 bits per heavy atom. The molecule has 0 aliphatic heterocycles. The number of nitrogens with zero attached hydrogens (tertiary/aromatic N) is 1. The molecule has 3 rings (SSSR count). The van der Waals surface area contributed by atoms with Crippen LogP contribution in [0.2, 0.25) is 0 Å². The lowest BCUT2D eigenvalue weighted by molar-refractivity contribution is -0.132. The summed E-state index contributed by atoms with van der Waals surface area (Å²) >= 11 is 0. The Morgan fingerprint density at radius 2 is 1.47 bits per heavy atom. The molecule has 0 bridgehead atoms. The van der Waals surface area contributed by atoms with Gasteiger partial charge in [-0.1, -0.05) is 6.07 Å². The van der Waals surface area contributed by atoms with Gasteiger partial charge in [0.2, 0.25) is 5.75 Å². The van der Waals surface area contributed by atoms with Crippen LogP contribution in [-0.2, 0) is 21.4 Å². The zero-order chi connectivity index (χ0) is 28.0. The van der Waals surface area contributed by atoms with Crippen molar-refractivity contribution in [1.82, 2.24) is 4.90 Å². The van der Waals surface area contributed by atoms with Crippen LogP contribution in [0.4, 0.5) is 5.69 Å². The fourth-order valence-electron chi connectivity index (χ4n) is 3.81. The summed E-state index contributed by atoms with van der Waals surface area (Å²) in [5.74, 6) is 1.63. The number of carbonyl (C=O) groups excluding carboxylic acids is 1. The second-order valence-corrected chi connectivity index (χ2v) is 10.6. The number of nitrogens with one attached hydrogen (secondary N) is 1. The molecular formula is C28H34N2O7S. The van der Waals surface area contributed by atoms with Gasteiger partial charge in [0.1, 0.15) is 5.75 Å². The van der Waals surface area contributed by atoms with Gasteiger partial charge in [-0.05, 0) is 85.5 Å². The fraction of sp³-hybridized carbons (Fsp3) is 0.321. The number of ether oxygens (including phenoxy) is 4. The molecule has 0 aromatic heterocycles. The average molecular weight is 543 g/mol. The van der Waals surface area contributed by atoms with E-state index in [0.29, 0.717) is 40.8 Å². The number of anilines is 1. The first kappa shape index (κ1) is 28.6. The summed E-state index contributed by atoms with van der Waals surface area (Å²) in [6.07, 6.45) is 0. The van der Waals surface area contributed by atoms with Crippen molar-refractivity contribution in [2.24, 2.45) is 0 Å². The highest BCUT2D eigenvalue weighted by atomic mass is 32.2. The van der Waals surface area contributed by atoms with Crippen LogP contribution in [-0.4, -0.2) is 54.2 Å². The van der Waals surface area contributed by atoms with Crippen LogP contribution >= 0.6 is 0 Å². The monoisotopic (exact) mass is 542 g/mol. The maximum Gasteiger partial charge on any atom is 0.261 e. The second kappa shape index (κ2) is 12.1. The minimum Gasteiger partial charge on any atom is -0.493 e. The lowest BCUT2D eigenvalue weighted by Gasteiger charge is -2.20. The van der Waals surface area contributed by atoms with Crippen molar-refractivity contribution < 1.29 is 32.2 Å². The standard InChI is InChI=1S/C28H34N2O7S/c1-18-8-9-22(12-19(18)2)29-38(32,33)23-10-11-24(20(3)13-23)37-17-27(31)30(4)16-21-14-25(34-5)28(36-7)26(15-21)35-6/h8-15,29H,16-17H2,1-7H3. The van der Waals surface area contributed by atoms with Gasteiger partial charge in [0.15, 0.2) is 18.1 Å². The van der Waals surface area contributed by atoms with Crippen LogP contribution in [0.1, 0.15) is 22.3 Å². The Kier molecular flexibility index (Phi) is 9.11. The van der Waals surface area contributed by atoms with E-state index < -0.39 is 10.0 Å². The molecule has 0 radical (unpaired) electrons. The van der Waals surface area contributed by atoms with E-state index in [2.05, 4.69) is 4.72 Å². The molecule has 9 nitrogen and oxygen atoms in total. The minimum atomic E-state index is -3.79. The van der Waals surface area contributed by atoms with Gasteiger partial charge in [-0.25, -0.2) is 8.42 Å². The van der Waals surface area contributed by atoms with E-state index in [9.17, 15) is 13.2 Å². The largest absolute Gasteiger partial charge is 0.493 e. The van der Waals surface area contributed by atoms with Gasteiger partial charge < -0.3 is 23.8 Å². The summed E-state index contributed by atoms with van der Waals surface area (Å²) in [6.45, 7) is 5.70. The van der Waals surface area contributed by atoms with Crippen molar-refractivity contribution in [2.75, 3.05) is 39.7 Å². The van der Waals surface area contributed by atoms with E-state index in [1.165, 1.54) is 38.4 Å². The van der Waals surface area contributed by atoms with E-state index in [1.54, 1.807) is 44.3 Å². The van der Waals surface area contributed by atoms with Crippen molar-refractivity contribution in [3.63, 3.8) is 0 Å². The van der Waals surface area contributed by atoms with Crippen molar-refractivity contribution >= 4 is 21.6 Å². The topological polar surface area (TPSA) is 103 Å². The van der Waals surface area contributed by atoms with Gasteiger partial charge in [-0.3, -0.25) is 9.52 Å². The van der Waals surface area contributed by atoms with Crippen molar-refractivity contribution in [2.45, 2.75) is 32.2 Å². The molecule has 0 aliphatic carbocycles. The molecule has 0 saturated carbocycles. The molecule has 3 aromatic rings. The third kappa shape index (κ3) is 6.69. The fourth-order valence-corrected chi connectivity index (χ4v) is 4.94. The molecular weight excluding hydrogens is 508 g/mol. The van der Waals surface area contributed by atoms with Gasteiger partial charge >= 0.3 is 0 Å². The Hall–Kier alpha value is -3.92. The lowest BCUT2D eigenvalue weighted by atomic mass is 10.1. The first-order chi connectivity index (χ1) is 18.0. The van der Waals surface area contributed by atoms with Crippen molar-refractivity contribution in [1.29, 1.82) is 0 Å². The van der Waals surface area contributed by atoms with Gasteiger partial charge in [0, 0.05) is 19.3 Å². The average Bonchev–Trinajstić information content (AvgIpc) is 2.88. The second-order valence-electron chi connectivity index (χ2n) is 8.90. The highest BCUT2D eigenvalue weighted by Gasteiger charge is 2.19. The number of carbonyl (C=O) groups is 1. The Labute approximate surface area is 224 Å². The van der Waals surface area contributed by atoms with Crippen LogP contribution in [0.25, 0.3) is 0 Å². The van der Waals surface area contributed by atoms with Gasteiger partial charge in [0.05, 0.1) is 26.2 Å². The normalized spacial score (nSPS) is 11.0. The van der Waals surface area contributed by atoms with Crippen LogP contribution in [0.3, 0.4) is 0 Å². The number of rotatable bonds is 11. The number of aryl methyl sites for hydroxylation is 3. The van der Waals surface area contributed by atoms with E-state index in [-0.39, 0.29) is 17.4 Å². The van der Waals surface area contributed by atoms with E-state index >= 15 is 0 Å². The van der Waals surface area contributed by atoms with Crippen LogP contribution in [0.5, 0.6) is 23.0 Å². The van der Waals surface area contributed by atoms with Crippen molar-refractivity contribution in [3.8, 4) is 23.0 Å². The van der Waals surface area contributed by atoms with Crippen molar-refractivity contribution in [3.05, 3.63) is 70.8 Å². The highest BCUT2D eigenvalue weighted by molar-refractivity contribution is 7.92. The predicted octanol–water partition coefficient (Wildman–Crippen LogP) is 4.48. The molecule has 0 aliphatic rings. The summed E-state index contributed by atoms with van der Waals surface area (Å²) in [7, 11) is 2.46. The number of sulfonamides is 1. The molecule has 0 atom stereocenters. The number of hydrogen-bond acceptors (Lipinski definition) is 7. The number of methoxy groups -OCH3 is 3. The van der Waals surface area contributed by atoms with Crippen LogP contribution in [0.15, 0.2) is 53.4 Å². The molecule has 1 N–H and O–H groups in total. The van der Waals surface area contributed by atoms with E-state index in [1.807, 2.05) is 19.9 Å². The Balaban J connectivity index is 1.65. The van der Waals surface area contributed by atoms with Gasteiger partial charge in [0.25, 0.3) is 15.9 Å². The zero-order valence-corrected chi connectivity index (χ0v) is 23.6. The third-order valence-corrected chi connectivity index (χ3v) is 7.52. The predicted molar refractivity (Wildman–Crippen MR) is 146 cm³/mol. The Bertz CT molecular complexity index is 1400. The van der Waals surface area contributed by atoms with Gasteiger partial charge in [-0.15, -0.1) is 0 Å². The quantitative estimate of drug-likeness (QED) is 0.381. The first-order valence-electron chi connectivity index (χ1n) is 11.9. The summed E-state index contributed by atoms with van der Waals surface area (Å²) in [5.41, 5.74) is 3.94. The number of benzene rings is 3. The molecule has 0 unspecified atom stereocenters. The number of amides is 1. The smallest absolute Gasteiger partial charge is 0.261 e. The Morgan fingerprint density at radius 1 is 0.816 bits per heavy atom. The van der Waals surface area contributed by atoms with E-state index in [0.717, 1.165) is 16.7 Å². The molecule has 0 spiro atoms. The minimum absolute atomic E-state index is 0.103. The molecule has 204 valence electrons. The molecule has 0 fully saturated rings.